The van der Waals surface area contributed by atoms with Gasteiger partial charge in [-0.05, 0) is 42.8 Å². The minimum absolute atomic E-state index is 0.318. The molecule has 7 nitrogen and oxygen atoms in total. The number of aromatic nitrogens is 4. The van der Waals surface area contributed by atoms with Crippen molar-refractivity contribution < 1.29 is 9.26 Å². The van der Waals surface area contributed by atoms with Gasteiger partial charge in [0.05, 0.1) is 0 Å². The van der Waals surface area contributed by atoms with Crippen LogP contribution in [0.3, 0.4) is 0 Å². The number of rotatable bonds is 7. The largest absolute Gasteiger partial charge is 0.385 e. The van der Waals surface area contributed by atoms with E-state index < -0.39 is 0 Å². The summed E-state index contributed by atoms with van der Waals surface area (Å²) in [5, 5.41) is 16.0. The van der Waals surface area contributed by atoms with E-state index in [-0.39, 0.29) is 0 Å². The SMILES string of the molecule is COCCCNc1ccc(-c2nc(-c3ccc(Cl)cc3)no2)nn1. The van der Waals surface area contributed by atoms with Gasteiger partial charge in [-0.3, -0.25) is 0 Å². The Labute approximate surface area is 144 Å². The molecular weight excluding hydrogens is 330 g/mol. The zero-order valence-corrected chi connectivity index (χ0v) is 13.8. The number of nitrogens with zero attached hydrogens (tertiary/aromatic N) is 4. The molecule has 0 aliphatic carbocycles. The molecule has 24 heavy (non-hydrogen) atoms. The van der Waals surface area contributed by atoms with Crippen LogP contribution in [0.1, 0.15) is 6.42 Å². The monoisotopic (exact) mass is 345 g/mol. The zero-order valence-electron chi connectivity index (χ0n) is 13.1. The Balaban J connectivity index is 1.67. The van der Waals surface area contributed by atoms with Crippen molar-refractivity contribution in [2.24, 2.45) is 0 Å². The molecule has 3 rings (SSSR count). The van der Waals surface area contributed by atoms with E-state index in [1.807, 2.05) is 18.2 Å². The van der Waals surface area contributed by atoms with Gasteiger partial charge >= 0.3 is 0 Å². The van der Waals surface area contributed by atoms with Gasteiger partial charge in [0.1, 0.15) is 5.82 Å². The Hall–Kier alpha value is -2.51. The fraction of sp³-hybridized carbons (Fsp3) is 0.250. The van der Waals surface area contributed by atoms with Crippen LogP contribution in [0.4, 0.5) is 5.82 Å². The molecule has 0 amide bonds. The van der Waals surface area contributed by atoms with E-state index in [1.165, 1.54) is 0 Å². The number of anilines is 1. The average Bonchev–Trinajstić information content (AvgIpc) is 3.10. The summed E-state index contributed by atoms with van der Waals surface area (Å²) in [5.74, 6) is 1.48. The molecule has 0 bridgehead atoms. The lowest BCUT2D eigenvalue weighted by atomic mass is 10.2. The number of hydrogen-bond acceptors (Lipinski definition) is 7. The molecule has 0 radical (unpaired) electrons. The lowest BCUT2D eigenvalue weighted by molar-refractivity contribution is 0.197. The molecule has 3 aromatic rings. The molecule has 0 aliphatic heterocycles. The highest BCUT2D eigenvalue weighted by Gasteiger charge is 2.12. The molecule has 0 unspecified atom stereocenters. The van der Waals surface area contributed by atoms with E-state index in [2.05, 4.69) is 25.7 Å². The Morgan fingerprint density at radius 3 is 2.67 bits per heavy atom. The molecule has 0 saturated carbocycles. The number of methoxy groups -OCH3 is 1. The minimum atomic E-state index is 0.318. The first-order valence-electron chi connectivity index (χ1n) is 7.43. The molecule has 1 aromatic carbocycles. The van der Waals surface area contributed by atoms with Gasteiger partial charge < -0.3 is 14.6 Å². The third-order valence-corrected chi connectivity index (χ3v) is 3.50. The topological polar surface area (TPSA) is 86.0 Å². The molecule has 2 aromatic heterocycles. The third-order valence-electron chi connectivity index (χ3n) is 3.24. The predicted molar refractivity (Wildman–Crippen MR) is 90.8 cm³/mol. The maximum atomic E-state index is 5.87. The van der Waals surface area contributed by atoms with E-state index in [0.717, 1.165) is 18.5 Å². The summed E-state index contributed by atoms with van der Waals surface area (Å²) in [6.45, 7) is 1.47. The van der Waals surface area contributed by atoms with E-state index >= 15 is 0 Å². The highest BCUT2D eigenvalue weighted by molar-refractivity contribution is 6.30. The zero-order chi connectivity index (χ0) is 16.8. The lowest BCUT2D eigenvalue weighted by Crippen LogP contribution is -2.06. The van der Waals surface area contributed by atoms with Crippen molar-refractivity contribution in [3.05, 3.63) is 41.4 Å². The van der Waals surface area contributed by atoms with E-state index in [0.29, 0.717) is 34.9 Å². The fourth-order valence-corrected chi connectivity index (χ4v) is 2.14. The Kier molecular flexibility index (Phi) is 5.35. The van der Waals surface area contributed by atoms with E-state index in [1.54, 1.807) is 25.3 Å². The molecule has 8 heteroatoms. The number of ether oxygens (including phenoxy) is 1. The van der Waals surface area contributed by atoms with Crippen LogP contribution in [0.2, 0.25) is 5.02 Å². The van der Waals surface area contributed by atoms with Crippen LogP contribution in [0.5, 0.6) is 0 Å². The molecule has 0 fully saturated rings. The second kappa shape index (κ2) is 7.85. The van der Waals surface area contributed by atoms with Gasteiger partial charge in [-0.1, -0.05) is 16.8 Å². The number of nitrogens with one attached hydrogen (secondary N) is 1. The van der Waals surface area contributed by atoms with Crippen molar-refractivity contribution in [1.29, 1.82) is 0 Å². The molecule has 0 spiro atoms. The van der Waals surface area contributed by atoms with Gasteiger partial charge in [0.25, 0.3) is 5.89 Å². The van der Waals surface area contributed by atoms with Gasteiger partial charge in [-0.15, -0.1) is 10.2 Å². The molecule has 0 saturated heterocycles. The van der Waals surface area contributed by atoms with Gasteiger partial charge in [0, 0.05) is 30.8 Å². The van der Waals surface area contributed by atoms with Crippen LogP contribution in [0.25, 0.3) is 23.0 Å². The first kappa shape index (κ1) is 16.4. The minimum Gasteiger partial charge on any atom is -0.385 e. The maximum Gasteiger partial charge on any atom is 0.278 e. The number of halogens is 1. The molecule has 0 atom stereocenters. The predicted octanol–water partition coefficient (Wildman–Crippen LogP) is 3.30. The van der Waals surface area contributed by atoms with Crippen molar-refractivity contribution in [1.82, 2.24) is 20.3 Å². The Morgan fingerprint density at radius 1 is 1.12 bits per heavy atom. The standard InChI is InChI=1S/C16H16ClN5O2/c1-23-10-2-9-18-14-8-7-13(20-21-14)16-19-15(22-24-16)11-3-5-12(17)6-4-11/h3-8H,2,9-10H2,1H3,(H,18,21). The van der Waals surface area contributed by atoms with Crippen molar-refractivity contribution in [2.75, 3.05) is 25.6 Å². The second-order valence-electron chi connectivity index (χ2n) is 5.01. The summed E-state index contributed by atoms with van der Waals surface area (Å²) in [6.07, 6.45) is 0.897. The summed E-state index contributed by atoms with van der Waals surface area (Å²) >= 11 is 5.87. The summed E-state index contributed by atoms with van der Waals surface area (Å²) in [7, 11) is 1.68. The average molecular weight is 346 g/mol. The van der Waals surface area contributed by atoms with Crippen LogP contribution < -0.4 is 5.32 Å². The van der Waals surface area contributed by atoms with Crippen molar-refractivity contribution in [3.63, 3.8) is 0 Å². The fourth-order valence-electron chi connectivity index (χ4n) is 2.02. The van der Waals surface area contributed by atoms with E-state index in [9.17, 15) is 0 Å². The van der Waals surface area contributed by atoms with Crippen LogP contribution in [0, 0.1) is 0 Å². The third kappa shape index (κ3) is 4.06. The van der Waals surface area contributed by atoms with Gasteiger partial charge in [0.2, 0.25) is 5.82 Å². The Morgan fingerprint density at radius 2 is 1.96 bits per heavy atom. The second-order valence-corrected chi connectivity index (χ2v) is 5.44. The smallest absolute Gasteiger partial charge is 0.278 e. The summed E-state index contributed by atoms with van der Waals surface area (Å²) in [5.41, 5.74) is 1.34. The maximum absolute atomic E-state index is 5.87. The lowest BCUT2D eigenvalue weighted by Gasteiger charge is -2.03. The normalized spacial score (nSPS) is 10.8. The molecule has 1 N–H and O–H groups in total. The molecule has 0 aliphatic rings. The van der Waals surface area contributed by atoms with Crippen LogP contribution in [-0.2, 0) is 4.74 Å². The van der Waals surface area contributed by atoms with Crippen molar-refractivity contribution in [3.8, 4) is 23.0 Å². The summed E-state index contributed by atoms with van der Waals surface area (Å²) < 4.78 is 10.2. The highest BCUT2D eigenvalue weighted by atomic mass is 35.5. The highest BCUT2D eigenvalue weighted by Crippen LogP contribution is 2.22. The van der Waals surface area contributed by atoms with Crippen LogP contribution in [-0.4, -0.2) is 40.6 Å². The van der Waals surface area contributed by atoms with Gasteiger partial charge in [-0.25, -0.2) is 0 Å². The van der Waals surface area contributed by atoms with Crippen LogP contribution >= 0.6 is 11.6 Å². The molecule has 124 valence electrons. The van der Waals surface area contributed by atoms with Crippen LogP contribution in [0.15, 0.2) is 40.9 Å². The summed E-state index contributed by atoms with van der Waals surface area (Å²) in [4.78, 5) is 4.34. The quantitative estimate of drug-likeness (QED) is 0.657. The molecule has 2 heterocycles. The first-order valence-corrected chi connectivity index (χ1v) is 7.80. The van der Waals surface area contributed by atoms with Crippen molar-refractivity contribution in [2.45, 2.75) is 6.42 Å². The van der Waals surface area contributed by atoms with Gasteiger partial charge in [0.15, 0.2) is 5.69 Å². The van der Waals surface area contributed by atoms with E-state index in [4.69, 9.17) is 20.9 Å². The first-order chi connectivity index (χ1) is 11.8. The number of hydrogen-bond donors (Lipinski definition) is 1. The Bertz CT molecular complexity index is 774. The number of benzene rings is 1. The van der Waals surface area contributed by atoms with Gasteiger partial charge in [-0.2, -0.15) is 4.98 Å². The summed E-state index contributed by atoms with van der Waals surface area (Å²) in [6, 6.07) is 10.8. The van der Waals surface area contributed by atoms with Crippen molar-refractivity contribution >= 4 is 17.4 Å². The molecular formula is C16H16ClN5O2.